The van der Waals surface area contributed by atoms with E-state index in [9.17, 15) is 4.39 Å². The number of rotatable bonds is 4. The highest BCUT2D eigenvalue weighted by atomic mass is 19.1. The van der Waals surface area contributed by atoms with Crippen molar-refractivity contribution in [2.45, 2.75) is 5.92 Å². The van der Waals surface area contributed by atoms with E-state index in [2.05, 4.69) is 46.3 Å². The first kappa shape index (κ1) is 16.4. The molecule has 26 heavy (non-hydrogen) atoms. The van der Waals surface area contributed by atoms with Crippen LogP contribution in [0.3, 0.4) is 0 Å². The Morgan fingerprint density at radius 2 is 1.54 bits per heavy atom. The first-order valence-corrected chi connectivity index (χ1v) is 8.72. The lowest BCUT2D eigenvalue weighted by Crippen LogP contribution is -2.09. The Kier molecular flexibility index (Phi) is 4.21. The number of hydrogen-bond donors (Lipinski definition) is 1. The van der Waals surface area contributed by atoms with Gasteiger partial charge in [0.05, 0.1) is 0 Å². The fourth-order valence-electron chi connectivity index (χ4n) is 3.52. The van der Waals surface area contributed by atoms with E-state index in [1.54, 1.807) is 12.1 Å². The average molecular weight is 344 g/mol. The van der Waals surface area contributed by atoms with E-state index in [-0.39, 0.29) is 11.7 Å². The summed E-state index contributed by atoms with van der Waals surface area (Å²) in [4.78, 5) is 5.38. The minimum absolute atomic E-state index is 0.0444. The van der Waals surface area contributed by atoms with Crippen LogP contribution in [0.5, 0.6) is 0 Å². The van der Waals surface area contributed by atoms with E-state index in [1.165, 1.54) is 17.2 Å². The molecule has 1 atom stereocenters. The third-order valence-corrected chi connectivity index (χ3v) is 4.86. The van der Waals surface area contributed by atoms with Crippen molar-refractivity contribution < 1.29 is 4.39 Å². The molecule has 0 amide bonds. The van der Waals surface area contributed by atoms with Gasteiger partial charge < -0.3 is 9.88 Å². The summed E-state index contributed by atoms with van der Waals surface area (Å²) in [5.41, 5.74) is 5.57. The van der Waals surface area contributed by atoms with E-state index < -0.39 is 0 Å². The minimum atomic E-state index is -0.215. The van der Waals surface area contributed by atoms with Gasteiger partial charge in [-0.25, -0.2) is 4.39 Å². The molecule has 3 aromatic carbocycles. The summed E-state index contributed by atoms with van der Waals surface area (Å²) in [6.45, 7) is 0. The van der Waals surface area contributed by atoms with Crippen molar-refractivity contribution in [3.8, 4) is 0 Å². The summed E-state index contributed by atoms with van der Waals surface area (Å²) in [5.74, 6) is -0.170. The van der Waals surface area contributed by atoms with Gasteiger partial charge in [0.1, 0.15) is 5.82 Å². The molecule has 4 aromatic rings. The van der Waals surface area contributed by atoms with Gasteiger partial charge in [-0.05, 0) is 47.0 Å². The van der Waals surface area contributed by atoms with Gasteiger partial charge in [0, 0.05) is 42.8 Å². The quantitative estimate of drug-likeness (QED) is 0.514. The molecule has 0 saturated carbocycles. The molecule has 1 aromatic heterocycles. The number of halogens is 1. The summed E-state index contributed by atoms with van der Waals surface area (Å²) >= 11 is 0. The monoisotopic (exact) mass is 344 g/mol. The van der Waals surface area contributed by atoms with Crippen LogP contribution in [0.25, 0.3) is 10.9 Å². The Labute approximate surface area is 152 Å². The Hall–Kier alpha value is -3.07. The number of anilines is 1. The second-order valence-electron chi connectivity index (χ2n) is 6.76. The molecule has 0 fully saturated rings. The van der Waals surface area contributed by atoms with Gasteiger partial charge in [0.15, 0.2) is 0 Å². The molecular formula is C23H21FN2. The molecule has 0 radical (unpaired) electrons. The molecule has 0 bridgehead atoms. The molecule has 0 saturated heterocycles. The SMILES string of the molecule is CN(C)c1ccc(C(c2ccccc2)c2c[nH]c3ccc(F)cc23)cc1. The smallest absolute Gasteiger partial charge is 0.123 e. The van der Waals surface area contributed by atoms with Gasteiger partial charge in [-0.2, -0.15) is 0 Å². The van der Waals surface area contributed by atoms with Crippen molar-refractivity contribution in [1.29, 1.82) is 0 Å². The molecule has 1 N–H and O–H groups in total. The summed E-state index contributed by atoms with van der Waals surface area (Å²) in [7, 11) is 4.07. The predicted molar refractivity (Wildman–Crippen MR) is 106 cm³/mol. The zero-order chi connectivity index (χ0) is 18.1. The number of hydrogen-bond acceptors (Lipinski definition) is 1. The van der Waals surface area contributed by atoms with E-state index in [0.29, 0.717) is 0 Å². The zero-order valence-corrected chi connectivity index (χ0v) is 14.9. The molecule has 0 aliphatic carbocycles. The van der Waals surface area contributed by atoms with Crippen molar-refractivity contribution in [2.75, 3.05) is 19.0 Å². The van der Waals surface area contributed by atoms with Crippen molar-refractivity contribution in [3.05, 3.63) is 102 Å². The number of nitrogens with zero attached hydrogens (tertiary/aromatic N) is 1. The summed E-state index contributed by atoms with van der Waals surface area (Å²) < 4.78 is 13.9. The molecule has 3 heteroatoms. The van der Waals surface area contributed by atoms with Crippen LogP contribution in [0.4, 0.5) is 10.1 Å². The number of benzene rings is 3. The lowest BCUT2D eigenvalue weighted by Gasteiger charge is -2.20. The maximum absolute atomic E-state index is 13.9. The summed E-state index contributed by atoms with van der Waals surface area (Å²) in [5, 5.41) is 0.926. The first-order chi connectivity index (χ1) is 12.6. The van der Waals surface area contributed by atoms with E-state index in [4.69, 9.17) is 0 Å². The van der Waals surface area contributed by atoms with Crippen LogP contribution in [0, 0.1) is 5.82 Å². The predicted octanol–water partition coefficient (Wildman–Crippen LogP) is 5.55. The van der Waals surface area contributed by atoms with Crippen molar-refractivity contribution in [2.24, 2.45) is 0 Å². The zero-order valence-electron chi connectivity index (χ0n) is 14.9. The van der Waals surface area contributed by atoms with Crippen molar-refractivity contribution in [3.63, 3.8) is 0 Å². The van der Waals surface area contributed by atoms with Gasteiger partial charge in [-0.3, -0.25) is 0 Å². The van der Waals surface area contributed by atoms with E-state index in [1.807, 2.05) is 38.5 Å². The summed E-state index contributed by atoms with van der Waals surface area (Å²) in [6, 6.07) is 23.8. The van der Waals surface area contributed by atoms with Gasteiger partial charge in [0.25, 0.3) is 0 Å². The van der Waals surface area contributed by atoms with Crippen LogP contribution in [-0.2, 0) is 0 Å². The Morgan fingerprint density at radius 3 is 2.23 bits per heavy atom. The minimum Gasteiger partial charge on any atom is -0.378 e. The Morgan fingerprint density at radius 1 is 0.846 bits per heavy atom. The number of nitrogens with one attached hydrogen (secondary N) is 1. The molecule has 2 nitrogen and oxygen atoms in total. The standard InChI is InChI=1S/C23H21FN2/c1-26(2)19-11-8-17(9-12-19)23(16-6-4-3-5-7-16)21-15-25-22-13-10-18(24)14-20(21)22/h3-15,23,25H,1-2H3. The van der Waals surface area contributed by atoms with E-state index >= 15 is 0 Å². The Bertz CT molecular complexity index is 1020. The third kappa shape index (κ3) is 2.97. The molecule has 1 unspecified atom stereocenters. The lowest BCUT2D eigenvalue weighted by atomic mass is 9.85. The van der Waals surface area contributed by atoms with Crippen LogP contribution in [0.2, 0.25) is 0 Å². The van der Waals surface area contributed by atoms with Gasteiger partial charge in [0.2, 0.25) is 0 Å². The highest BCUT2D eigenvalue weighted by molar-refractivity contribution is 5.85. The van der Waals surface area contributed by atoms with Gasteiger partial charge in [-0.1, -0.05) is 42.5 Å². The highest BCUT2D eigenvalue weighted by Crippen LogP contribution is 2.36. The third-order valence-electron chi connectivity index (χ3n) is 4.86. The van der Waals surface area contributed by atoms with Gasteiger partial charge >= 0.3 is 0 Å². The number of fused-ring (bicyclic) bond motifs is 1. The van der Waals surface area contributed by atoms with E-state index in [0.717, 1.165) is 22.2 Å². The van der Waals surface area contributed by atoms with Crippen LogP contribution >= 0.6 is 0 Å². The van der Waals surface area contributed by atoms with Crippen LogP contribution < -0.4 is 4.90 Å². The molecule has 1 heterocycles. The molecule has 0 aliphatic heterocycles. The lowest BCUT2D eigenvalue weighted by molar-refractivity contribution is 0.629. The first-order valence-electron chi connectivity index (χ1n) is 8.72. The second-order valence-corrected chi connectivity index (χ2v) is 6.76. The number of aromatic nitrogens is 1. The maximum Gasteiger partial charge on any atom is 0.123 e. The van der Waals surface area contributed by atoms with Crippen molar-refractivity contribution in [1.82, 2.24) is 4.98 Å². The fraction of sp³-hybridized carbons (Fsp3) is 0.130. The molecule has 0 spiro atoms. The average Bonchev–Trinajstić information content (AvgIpc) is 3.06. The molecule has 130 valence electrons. The van der Waals surface area contributed by atoms with Gasteiger partial charge in [-0.15, -0.1) is 0 Å². The normalized spacial score (nSPS) is 12.3. The maximum atomic E-state index is 13.9. The Balaban J connectivity index is 1.89. The number of aromatic amines is 1. The largest absolute Gasteiger partial charge is 0.378 e. The highest BCUT2D eigenvalue weighted by Gasteiger charge is 2.20. The topological polar surface area (TPSA) is 19.0 Å². The number of H-pyrrole nitrogens is 1. The van der Waals surface area contributed by atoms with Crippen molar-refractivity contribution >= 4 is 16.6 Å². The van der Waals surface area contributed by atoms with Crippen LogP contribution in [0.1, 0.15) is 22.6 Å². The fourth-order valence-corrected chi connectivity index (χ4v) is 3.52. The van der Waals surface area contributed by atoms with Crippen LogP contribution in [0.15, 0.2) is 79.0 Å². The van der Waals surface area contributed by atoms with Crippen LogP contribution in [-0.4, -0.2) is 19.1 Å². The second kappa shape index (κ2) is 6.68. The molecule has 4 rings (SSSR count). The molecule has 0 aliphatic rings. The molecular weight excluding hydrogens is 323 g/mol. The summed E-state index contributed by atoms with van der Waals surface area (Å²) in [6.07, 6.45) is 2.00.